The zero-order chi connectivity index (χ0) is 20.9. The molecule has 1 aliphatic rings. The predicted octanol–water partition coefficient (Wildman–Crippen LogP) is 2.12. The summed E-state index contributed by atoms with van der Waals surface area (Å²) in [4.78, 5) is 12.7. The maximum atomic E-state index is 13.8. The van der Waals surface area contributed by atoms with Crippen molar-refractivity contribution in [3.63, 3.8) is 0 Å². The molecule has 8 nitrogen and oxygen atoms in total. The first-order chi connectivity index (χ1) is 13.2. The van der Waals surface area contributed by atoms with Crippen LogP contribution in [0.25, 0.3) is 11.4 Å². The standard InChI is InChI=1S/C16H19ClFN3O3S.CH2O2/c1-20(2)25(22,23)10-11-8-24-9-14(11)21-7-6-19-16(21)12-4-3-5-13(18)15(12)17;2-1-3/h3-7,11,14H,8-10H2,1-2H3;1H,(H,2,3)/t11-,14+;/m0./s1. The normalized spacial score (nSPS) is 19.3. The van der Waals surface area contributed by atoms with Crippen molar-refractivity contribution in [3.05, 3.63) is 41.4 Å². The summed E-state index contributed by atoms with van der Waals surface area (Å²) in [5.74, 6) is -0.290. The van der Waals surface area contributed by atoms with E-state index in [9.17, 15) is 12.8 Å². The lowest BCUT2D eigenvalue weighted by Gasteiger charge is -2.23. The fourth-order valence-corrected chi connectivity index (χ4v) is 4.31. The Morgan fingerprint density at radius 1 is 1.43 bits per heavy atom. The van der Waals surface area contributed by atoms with E-state index in [2.05, 4.69) is 4.98 Å². The van der Waals surface area contributed by atoms with Gasteiger partial charge in [-0.15, -0.1) is 0 Å². The number of sulfonamides is 1. The Kier molecular flexibility index (Phi) is 7.53. The molecule has 2 heterocycles. The minimum Gasteiger partial charge on any atom is -0.483 e. The van der Waals surface area contributed by atoms with Crippen molar-refractivity contribution < 1.29 is 27.4 Å². The fraction of sp³-hybridized carbons (Fsp3) is 0.412. The molecule has 1 saturated heterocycles. The Morgan fingerprint density at radius 3 is 2.75 bits per heavy atom. The van der Waals surface area contributed by atoms with E-state index in [1.807, 2.05) is 4.57 Å². The van der Waals surface area contributed by atoms with Crippen molar-refractivity contribution in [3.8, 4) is 11.4 Å². The van der Waals surface area contributed by atoms with E-state index >= 15 is 0 Å². The van der Waals surface area contributed by atoms with Crippen LogP contribution in [0, 0.1) is 11.7 Å². The first-order valence-electron chi connectivity index (χ1n) is 8.26. The first kappa shape index (κ1) is 22.3. The highest BCUT2D eigenvalue weighted by Gasteiger charge is 2.35. The maximum absolute atomic E-state index is 13.8. The van der Waals surface area contributed by atoms with Crippen molar-refractivity contribution in [1.29, 1.82) is 0 Å². The zero-order valence-electron chi connectivity index (χ0n) is 15.3. The zero-order valence-corrected chi connectivity index (χ0v) is 16.9. The summed E-state index contributed by atoms with van der Waals surface area (Å²) in [5.41, 5.74) is 0.466. The topological polar surface area (TPSA) is 102 Å². The van der Waals surface area contributed by atoms with Gasteiger partial charge in [-0.25, -0.2) is 22.1 Å². The van der Waals surface area contributed by atoms with Crippen LogP contribution in [0.3, 0.4) is 0 Å². The Morgan fingerprint density at radius 2 is 2.11 bits per heavy atom. The van der Waals surface area contributed by atoms with Gasteiger partial charge < -0.3 is 14.4 Å². The van der Waals surface area contributed by atoms with Gasteiger partial charge in [0.2, 0.25) is 10.0 Å². The van der Waals surface area contributed by atoms with Crippen molar-refractivity contribution in [2.45, 2.75) is 6.04 Å². The molecule has 28 heavy (non-hydrogen) atoms. The van der Waals surface area contributed by atoms with Gasteiger partial charge in [-0.2, -0.15) is 0 Å². The SMILES string of the molecule is CN(C)S(=O)(=O)C[C@@H]1COC[C@H]1n1ccnc1-c1cccc(F)c1Cl.O=CO. The average Bonchev–Trinajstić information content (AvgIpc) is 3.26. The van der Waals surface area contributed by atoms with Crippen LogP contribution in [0.2, 0.25) is 5.02 Å². The van der Waals surface area contributed by atoms with Gasteiger partial charge in [0.25, 0.3) is 6.47 Å². The molecule has 154 valence electrons. The molecule has 0 spiro atoms. The highest BCUT2D eigenvalue weighted by Crippen LogP contribution is 2.34. The predicted molar refractivity (Wildman–Crippen MR) is 102 cm³/mol. The summed E-state index contributed by atoms with van der Waals surface area (Å²) in [6.07, 6.45) is 3.33. The molecule has 0 radical (unpaired) electrons. The second-order valence-corrected chi connectivity index (χ2v) is 8.90. The van der Waals surface area contributed by atoms with E-state index in [0.29, 0.717) is 24.6 Å². The summed E-state index contributed by atoms with van der Waals surface area (Å²) >= 11 is 6.09. The summed E-state index contributed by atoms with van der Waals surface area (Å²) in [5, 5.41) is 6.88. The fourth-order valence-electron chi connectivity index (χ4n) is 2.94. The molecular formula is C17H21ClFN3O5S. The van der Waals surface area contributed by atoms with Gasteiger partial charge >= 0.3 is 0 Å². The maximum Gasteiger partial charge on any atom is 0.290 e. The molecule has 0 bridgehead atoms. The number of halogens is 2. The lowest BCUT2D eigenvalue weighted by Crippen LogP contribution is -2.32. The molecule has 1 aromatic heterocycles. The monoisotopic (exact) mass is 433 g/mol. The Bertz CT molecular complexity index is 919. The Balaban J connectivity index is 0.000000878. The molecule has 11 heteroatoms. The quantitative estimate of drug-likeness (QED) is 0.725. The van der Waals surface area contributed by atoms with Crippen molar-refractivity contribution >= 4 is 28.1 Å². The van der Waals surface area contributed by atoms with E-state index in [4.69, 9.17) is 26.2 Å². The number of hydrogen-bond donors (Lipinski definition) is 1. The van der Waals surface area contributed by atoms with Crippen LogP contribution in [0.4, 0.5) is 4.39 Å². The highest BCUT2D eigenvalue weighted by molar-refractivity contribution is 7.89. The molecule has 0 unspecified atom stereocenters. The smallest absolute Gasteiger partial charge is 0.290 e. The molecule has 0 aliphatic carbocycles. The molecule has 1 N–H and O–H groups in total. The molecule has 2 aromatic rings. The molecule has 2 atom stereocenters. The summed E-state index contributed by atoms with van der Waals surface area (Å²) in [7, 11) is -0.346. The number of carboxylic acid groups (broad SMARTS) is 1. The van der Waals surface area contributed by atoms with Crippen LogP contribution in [0.5, 0.6) is 0 Å². The third-order valence-electron chi connectivity index (χ3n) is 4.36. The van der Waals surface area contributed by atoms with Crippen LogP contribution in [0.15, 0.2) is 30.6 Å². The van der Waals surface area contributed by atoms with Crippen LogP contribution >= 0.6 is 11.6 Å². The van der Waals surface area contributed by atoms with E-state index in [1.54, 1.807) is 24.5 Å². The second kappa shape index (κ2) is 9.46. The van der Waals surface area contributed by atoms with Gasteiger partial charge in [0.05, 0.1) is 30.0 Å². The first-order valence-corrected chi connectivity index (χ1v) is 10.2. The molecular weight excluding hydrogens is 413 g/mol. The van der Waals surface area contributed by atoms with Crippen molar-refractivity contribution in [2.24, 2.45) is 5.92 Å². The molecule has 1 aliphatic heterocycles. The summed E-state index contributed by atoms with van der Waals surface area (Å²) < 4.78 is 46.8. The van der Waals surface area contributed by atoms with Gasteiger partial charge in [-0.3, -0.25) is 4.79 Å². The van der Waals surface area contributed by atoms with Gasteiger partial charge in [-0.1, -0.05) is 17.7 Å². The van der Waals surface area contributed by atoms with Crippen LogP contribution in [0.1, 0.15) is 6.04 Å². The van der Waals surface area contributed by atoms with Crippen LogP contribution in [-0.2, 0) is 19.6 Å². The Labute approximate surface area is 167 Å². The van der Waals surface area contributed by atoms with Crippen LogP contribution in [-0.4, -0.2) is 66.9 Å². The highest BCUT2D eigenvalue weighted by atomic mass is 35.5. The lowest BCUT2D eigenvalue weighted by molar-refractivity contribution is -0.122. The van der Waals surface area contributed by atoms with E-state index in [1.165, 1.54) is 24.5 Å². The van der Waals surface area contributed by atoms with E-state index in [0.717, 1.165) is 0 Å². The van der Waals surface area contributed by atoms with E-state index < -0.39 is 15.8 Å². The van der Waals surface area contributed by atoms with Crippen molar-refractivity contribution in [1.82, 2.24) is 13.9 Å². The number of hydrogen-bond acceptors (Lipinski definition) is 5. The minimum absolute atomic E-state index is 0.00803. The lowest BCUT2D eigenvalue weighted by atomic mass is 10.1. The van der Waals surface area contributed by atoms with Crippen molar-refractivity contribution in [2.75, 3.05) is 33.1 Å². The molecule has 1 fully saturated rings. The molecule has 0 amide bonds. The minimum atomic E-state index is -3.36. The molecule has 3 rings (SSSR count). The molecule has 1 aromatic carbocycles. The number of imidazole rings is 1. The summed E-state index contributed by atoms with van der Waals surface area (Å²) in [6, 6.07) is 4.32. The third-order valence-corrected chi connectivity index (χ3v) is 6.71. The third kappa shape index (κ3) is 4.88. The van der Waals surface area contributed by atoms with Gasteiger partial charge in [0.1, 0.15) is 11.6 Å². The van der Waals surface area contributed by atoms with Crippen LogP contribution < -0.4 is 0 Å². The molecule has 0 saturated carbocycles. The van der Waals surface area contributed by atoms with Gasteiger partial charge in [0, 0.05) is 38.0 Å². The summed E-state index contributed by atoms with van der Waals surface area (Å²) in [6.45, 7) is 0.455. The van der Waals surface area contributed by atoms with Gasteiger partial charge in [0.15, 0.2) is 0 Å². The number of rotatable bonds is 5. The largest absolute Gasteiger partial charge is 0.483 e. The average molecular weight is 434 g/mol. The number of carbonyl (C=O) groups is 1. The second-order valence-electron chi connectivity index (χ2n) is 6.29. The van der Waals surface area contributed by atoms with E-state index in [-0.39, 0.29) is 29.2 Å². The number of nitrogens with zero attached hydrogens (tertiary/aromatic N) is 3. The Hall–Kier alpha value is -2.01. The number of benzene rings is 1. The number of aromatic nitrogens is 2. The van der Waals surface area contributed by atoms with Gasteiger partial charge in [-0.05, 0) is 12.1 Å². The number of ether oxygens (including phenoxy) is 1.